The lowest BCUT2D eigenvalue weighted by atomic mass is 9.98. The number of amides is 4. The highest BCUT2D eigenvalue weighted by Crippen LogP contribution is 2.18. The fourth-order valence-electron chi connectivity index (χ4n) is 3.63. The van der Waals surface area contributed by atoms with Crippen molar-refractivity contribution in [2.75, 3.05) is 19.6 Å². The van der Waals surface area contributed by atoms with Crippen LogP contribution in [-0.2, 0) is 23.9 Å². The summed E-state index contributed by atoms with van der Waals surface area (Å²) in [5.74, 6) is -0.881. The second-order valence-electron chi connectivity index (χ2n) is 10.0. The van der Waals surface area contributed by atoms with E-state index in [0.29, 0.717) is 25.7 Å². The summed E-state index contributed by atoms with van der Waals surface area (Å²) >= 11 is 0. The smallest absolute Gasteiger partial charge is 0.410 e. The van der Waals surface area contributed by atoms with E-state index >= 15 is 0 Å². The number of alkyl carbamates (subject to hydrolysis) is 1. The molecule has 2 saturated heterocycles. The van der Waals surface area contributed by atoms with Gasteiger partial charge in [-0.05, 0) is 46.0 Å². The number of likely N-dealkylation sites (tertiary alicyclic amines) is 1. The van der Waals surface area contributed by atoms with Crippen molar-refractivity contribution >= 4 is 30.3 Å². The molecule has 2 heterocycles. The monoisotopic (exact) mass is 468 g/mol. The number of carbonyl (C=O) groups excluding carboxylic acids is 5. The van der Waals surface area contributed by atoms with Crippen LogP contribution in [0.1, 0.15) is 53.9 Å². The van der Waals surface area contributed by atoms with E-state index in [0.717, 1.165) is 0 Å². The van der Waals surface area contributed by atoms with Crippen molar-refractivity contribution in [3.05, 3.63) is 0 Å². The van der Waals surface area contributed by atoms with Crippen molar-refractivity contribution in [3.8, 4) is 0 Å². The van der Waals surface area contributed by atoms with E-state index in [1.807, 2.05) is 13.8 Å². The van der Waals surface area contributed by atoms with Crippen molar-refractivity contribution in [1.29, 1.82) is 0 Å². The molecule has 4 amide bonds. The molecule has 0 unspecified atom stereocenters. The fourth-order valence-corrected chi connectivity index (χ4v) is 3.63. The summed E-state index contributed by atoms with van der Waals surface area (Å²) in [6.45, 7) is 10.1. The summed E-state index contributed by atoms with van der Waals surface area (Å²) in [5, 5.41) is 7.89. The van der Waals surface area contributed by atoms with E-state index in [4.69, 9.17) is 9.47 Å². The van der Waals surface area contributed by atoms with Gasteiger partial charge in [0.1, 0.15) is 24.0 Å². The van der Waals surface area contributed by atoms with E-state index in [1.54, 1.807) is 20.8 Å². The Morgan fingerprint density at radius 1 is 1.21 bits per heavy atom. The molecule has 0 spiro atoms. The van der Waals surface area contributed by atoms with Crippen molar-refractivity contribution in [3.63, 3.8) is 0 Å². The molecule has 186 valence electrons. The van der Waals surface area contributed by atoms with Crippen LogP contribution in [0, 0.1) is 11.8 Å². The molecule has 3 atom stereocenters. The quantitative estimate of drug-likeness (QED) is 0.428. The Morgan fingerprint density at radius 3 is 2.39 bits per heavy atom. The first-order valence-electron chi connectivity index (χ1n) is 11.4. The third-order valence-electron chi connectivity index (χ3n) is 5.28. The molecule has 0 aliphatic carbocycles. The van der Waals surface area contributed by atoms with Crippen molar-refractivity contribution < 1.29 is 33.4 Å². The zero-order valence-electron chi connectivity index (χ0n) is 20.0. The minimum Gasteiger partial charge on any atom is -0.444 e. The maximum absolute atomic E-state index is 12.8. The minimum absolute atomic E-state index is 0.0858. The molecule has 0 bridgehead atoms. The van der Waals surface area contributed by atoms with E-state index in [1.165, 1.54) is 4.90 Å². The van der Waals surface area contributed by atoms with Crippen LogP contribution >= 0.6 is 0 Å². The Balaban J connectivity index is 1.84. The number of hydrogen-bond donors (Lipinski definition) is 3. The maximum atomic E-state index is 12.8. The number of carbonyl (C=O) groups is 5. The van der Waals surface area contributed by atoms with Crippen molar-refractivity contribution in [2.24, 2.45) is 11.8 Å². The first-order chi connectivity index (χ1) is 15.4. The normalized spacial score (nSPS) is 20.4. The lowest BCUT2D eigenvalue weighted by Crippen LogP contribution is -2.58. The lowest BCUT2D eigenvalue weighted by molar-refractivity contribution is -0.127. The molecule has 33 heavy (non-hydrogen) atoms. The number of aldehydes is 1. The van der Waals surface area contributed by atoms with Gasteiger partial charge in [-0.3, -0.25) is 9.59 Å². The average molecular weight is 469 g/mol. The molecule has 0 aromatic heterocycles. The molecular weight excluding hydrogens is 432 g/mol. The predicted octanol–water partition coefficient (Wildman–Crippen LogP) is 0.957. The van der Waals surface area contributed by atoms with Gasteiger partial charge in [0, 0.05) is 12.5 Å². The molecule has 2 aliphatic heterocycles. The van der Waals surface area contributed by atoms with Gasteiger partial charge < -0.3 is 35.1 Å². The molecule has 2 fully saturated rings. The standard InChI is InChI=1S/C22H36N4O7/c1-13(2)8-17(19(29)24-15(12-27)9-14-6-7-23-18(14)28)25-20(30)32-16-10-26(11-16)21(31)33-22(3,4)5/h12-17H,6-11H2,1-5H3,(H,23,28)(H,24,29)(H,25,30)/t14-,15+,17+/m1/s1. The lowest BCUT2D eigenvalue weighted by Gasteiger charge is -2.39. The summed E-state index contributed by atoms with van der Waals surface area (Å²) in [6, 6.07) is -1.73. The Labute approximate surface area is 194 Å². The van der Waals surface area contributed by atoms with Gasteiger partial charge in [-0.25, -0.2) is 9.59 Å². The fraction of sp³-hybridized carbons (Fsp3) is 0.773. The third kappa shape index (κ3) is 8.54. The Morgan fingerprint density at radius 2 is 1.88 bits per heavy atom. The Hall–Kier alpha value is -2.85. The maximum Gasteiger partial charge on any atom is 0.410 e. The number of hydrogen-bond acceptors (Lipinski definition) is 7. The molecule has 3 N–H and O–H groups in total. The second kappa shape index (κ2) is 11.3. The van der Waals surface area contributed by atoms with E-state index in [2.05, 4.69) is 16.0 Å². The number of rotatable bonds is 9. The van der Waals surface area contributed by atoms with Crippen molar-refractivity contribution in [2.45, 2.75) is 77.7 Å². The first kappa shape index (κ1) is 26.4. The van der Waals surface area contributed by atoms with E-state index < -0.39 is 41.9 Å². The molecule has 2 aliphatic rings. The molecule has 2 rings (SSSR count). The van der Waals surface area contributed by atoms with Gasteiger partial charge in [-0.15, -0.1) is 0 Å². The summed E-state index contributed by atoms with van der Waals surface area (Å²) in [7, 11) is 0. The average Bonchev–Trinajstić information content (AvgIpc) is 3.05. The van der Waals surface area contributed by atoms with Gasteiger partial charge in [-0.1, -0.05) is 13.8 Å². The summed E-state index contributed by atoms with van der Waals surface area (Å²) < 4.78 is 10.6. The molecular formula is C22H36N4O7. The zero-order valence-corrected chi connectivity index (χ0v) is 20.0. The summed E-state index contributed by atoms with van der Waals surface area (Å²) in [6.07, 6.45) is 0.0180. The molecule has 0 aromatic rings. The Bertz CT molecular complexity index is 744. The van der Waals surface area contributed by atoms with Crippen LogP contribution in [0.4, 0.5) is 9.59 Å². The number of nitrogens with one attached hydrogen (secondary N) is 3. The minimum atomic E-state index is -0.903. The summed E-state index contributed by atoms with van der Waals surface area (Å²) in [5.41, 5.74) is -0.612. The van der Waals surface area contributed by atoms with Gasteiger partial charge in [-0.2, -0.15) is 0 Å². The zero-order chi connectivity index (χ0) is 24.8. The summed E-state index contributed by atoms with van der Waals surface area (Å²) in [4.78, 5) is 61.8. The van der Waals surface area contributed by atoms with Crippen LogP contribution in [-0.4, -0.2) is 78.6 Å². The van der Waals surface area contributed by atoms with Crippen LogP contribution in [0.25, 0.3) is 0 Å². The van der Waals surface area contributed by atoms with Gasteiger partial charge in [0.15, 0.2) is 0 Å². The largest absolute Gasteiger partial charge is 0.444 e. The highest BCUT2D eigenvalue weighted by Gasteiger charge is 2.37. The second-order valence-corrected chi connectivity index (χ2v) is 10.0. The van der Waals surface area contributed by atoms with Gasteiger partial charge in [0.25, 0.3) is 0 Å². The van der Waals surface area contributed by atoms with Crippen molar-refractivity contribution in [1.82, 2.24) is 20.9 Å². The van der Waals surface area contributed by atoms with E-state index in [-0.39, 0.29) is 37.3 Å². The molecule has 0 aromatic carbocycles. The van der Waals surface area contributed by atoms with Crippen LogP contribution in [0.2, 0.25) is 0 Å². The molecule has 11 nitrogen and oxygen atoms in total. The van der Waals surface area contributed by atoms with Gasteiger partial charge in [0.2, 0.25) is 11.8 Å². The van der Waals surface area contributed by atoms with Crippen LogP contribution in [0.3, 0.4) is 0 Å². The van der Waals surface area contributed by atoms with Gasteiger partial charge in [0.05, 0.1) is 19.1 Å². The topological polar surface area (TPSA) is 143 Å². The molecule has 0 radical (unpaired) electrons. The third-order valence-corrected chi connectivity index (χ3v) is 5.28. The van der Waals surface area contributed by atoms with Crippen LogP contribution in [0.15, 0.2) is 0 Å². The van der Waals surface area contributed by atoms with Crippen LogP contribution < -0.4 is 16.0 Å². The predicted molar refractivity (Wildman–Crippen MR) is 118 cm³/mol. The SMILES string of the molecule is CC(C)C[C@H](NC(=O)OC1CN(C(=O)OC(C)(C)C)C1)C(=O)N[C@H](C=O)C[C@H]1CCNC1=O. The molecule has 0 saturated carbocycles. The highest BCUT2D eigenvalue weighted by molar-refractivity contribution is 5.88. The molecule has 11 heteroatoms. The number of ether oxygens (including phenoxy) is 2. The van der Waals surface area contributed by atoms with Crippen LogP contribution in [0.5, 0.6) is 0 Å². The highest BCUT2D eigenvalue weighted by atomic mass is 16.6. The van der Waals surface area contributed by atoms with E-state index in [9.17, 15) is 24.0 Å². The number of nitrogens with zero attached hydrogens (tertiary/aromatic N) is 1. The van der Waals surface area contributed by atoms with Gasteiger partial charge >= 0.3 is 12.2 Å². The Kier molecular flexibility index (Phi) is 9.07. The first-order valence-corrected chi connectivity index (χ1v) is 11.4.